The van der Waals surface area contributed by atoms with Crippen LogP contribution in [0.5, 0.6) is 5.75 Å². The Morgan fingerprint density at radius 3 is 2.70 bits per heavy atom. The predicted octanol–water partition coefficient (Wildman–Crippen LogP) is 2.74. The first kappa shape index (κ1) is 12.6. The molecule has 0 fully saturated rings. The van der Waals surface area contributed by atoms with Crippen molar-refractivity contribution in [3.8, 4) is 16.9 Å². The van der Waals surface area contributed by atoms with Crippen LogP contribution in [0.25, 0.3) is 11.1 Å². The first-order valence-corrected chi connectivity index (χ1v) is 6.46. The lowest BCUT2D eigenvalue weighted by molar-refractivity contribution is -0.384. The van der Waals surface area contributed by atoms with Crippen molar-refractivity contribution in [1.29, 1.82) is 0 Å². The zero-order valence-electron chi connectivity index (χ0n) is 10.8. The number of hydrogen-bond donors (Lipinski definition) is 1. The van der Waals surface area contributed by atoms with E-state index < -0.39 is 4.92 Å². The zero-order chi connectivity index (χ0) is 13.9. The molecule has 5 nitrogen and oxygen atoms in total. The van der Waals surface area contributed by atoms with Gasteiger partial charge in [0.2, 0.25) is 0 Å². The van der Waals surface area contributed by atoms with Gasteiger partial charge in [0.1, 0.15) is 12.4 Å². The predicted molar refractivity (Wildman–Crippen MR) is 75.7 cm³/mol. The Morgan fingerprint density at radius 1 is 1.15 bits per heavy atom. The molecule has 5 heteroatoms. The number of ether oxygens (including phenoxy) is 1. The fourth-order valence-corrected chi connectivity index (χ4v) is 2.33. The molecule has 1 N–H and O–H groups in total. The van der Waals surface area contributed by atoms with Gasteiger partial charge in [0.05, 0.1) is 4.92 Å². The highest BCUT2D eigenvalue weighted by Crippen LogP contribution is 2.34. The number of hydrogen-bond acceptors (Lipinski definition) is 4. The molecule has 0 saturated carbocycles. The second kappa shape index (κ2) is 5.30. The molecule has 1 aliphatic rings. The minimum absolute atomic E-state index is 0.0957. The Hall–Kier alpha value is -2.40. The van der Waals surface area contributed by atoms with Crippen molar-refractivity contribution in [2.75, 3.05) is 13.2 Å². The van der Waals surface area contributed by atoms with E-state index in [1.165, 1.54) is 12.1 Å². The van der Waals surface area contributed by atoms with Gasteiger partial charge in [-0.3, -0.25) is 10.1 Å². The molecule has 0 aromatic heterocycles. The number of nitrogens with zero attached hydrogens (tertiary/aromatic N) is 1. The van der Waals surface area contributed by atoms with Crippen LogP contribution in [0.4, 0.5) is 5.69 Å². The third-order valence-electron chi connectivity index (χ3n) is 3.33. The molecule has 1 heterocycles. The van der Waals surface area contributed by atoms with E-state index in [0.717, 1.165) is 35.5 Å². The van der Waals surface area contributed by atoms with Gasteiger partial charge in [-0.25, -0.2) is 0 Å². The Balaban J connectivity index is 2.03. The van der Waals surface area contributed by atoms with Crippen LogP contribution < -0.4 is 10.1 Å². The van der Waals surface area contributed by atoms with Gasteiger partial charge in [-0.05, 0) is 17.7 Å². The third-order valence-corrected chi connectivity index (χ3v) is 3.33. The summed E-state index contributed by atoms with van der Waals surface area (Å²) in [5.41, 5.74) is 3.10. The van der Waals surface area contributed by atoms with Crippen LogP contribution in [0.1, 0.15) is 5.56 Å². The van der Waals surface area contributed by atoms with Gasteiger partial charge in [0, 0.05) is 36.3 Å². The van der Waals surface area contributed by atoms with E-state index in [1.54, 1.807) is 12.1 Å². The number of nitro groups is 1. The number of benzene rings is 2. The standard InChI is InChI=1S/C15H14N2O3/c18-17(19)13-6-4-11(5-7-13)14-3-1-2-12-10-16-8-9-20-15(12)14/h1-7,16H,8-10H2. The molecule has 0 spiro atoms. The molecule has 102 valence electrons. The third kappa shape index (κ3) is 2.35. The monoisotopic (exact) mass is 270 g/mol. The number of fused-ring (bicyclic) bond motifs is 1. The Kier molecular flexibility index (Phi) is 3.35. The minimum atomic E-state index is -0.393. The average molecular weight is 270 g/mol. The van der Waals surface area contributed by atoms with Gasteiger partial charge in [-0.2, -0.15) is 0 Å². The molecule has 3 rings (SSSR count). The molecule has 20 heavy (non-hydrogen) atoms. The maximum absolute atomic E-state index is 10.7. The molecule has 2 aromatic carbocycles. The van der Waals surface area contributed by atoms with Crippen molar-refractivity contribution >= 4 is 5.69 Å². The molecule has 1 aliphatic heterocycles. The van der Waals surface area contributed by atoms with Crippen LogP contribution in [-0.4, -0.2) is 18.1 Å². The molecule has 0 saturated heterocycles. The number of rotatable bonds is 2. The van der Waals surface area contributed by atoms with E-state index in [4.69, 9.17) is 4.74 Å². The first-order valence-electron chi connectivity index (χ1n) is 6.46. The van der Waals surface area contributed by atoms with Crippen LogP contribution >= 0.6 is 0 Å². The highest BCUT2D eigenvalue weighted by molar-refractivity contribution is 5.73. The van der Waals surface area contributed by atoms with Crippen molar-refractivity contribution in [3.63, 3.8) is 0 Å². The fraction of sp³-hybridized carbons (Fsp3) is 0.200. The Bertz CT molecular complexity index is 638. The van der Waals surface area contributed by atoms with Gasteiger partial charge < -0.3 is 10.1 Å². The second-order valence-corrected chi connectivity index (χ2v) is 4.62. The maximum Gasteiger partial charge on any atom is 0.269 e. The summed E-state index contributed by atoms with van der Waals surface area (Å²) >= 11 is 0. The molecule has 0 bridgehead atoms. The Morgan fingerprint density at radius 2 is 1.95 bits per heavy atom. The van der Waals surface area contributed by atoms with Crippen molar-refractivity contribution in [2.24, 2.45) is 0 Å². The van der Waals surface area contributed by atoms with Crippen molar-refractivity contribution in [1.82, 2.24) is 5.32 Å². The molecule has 0 radical (unpaired) electrons. The minimum Gasteiger partial charge on any atom is -0.491 e. The average Bonchev–Trinajstić information content (AvgIpc) is 2.72. The van der Waals surface area contributed by atoms with Crippen LogP contribution in [0.2, 0.25) is 0 Å². The normalized spacial score (nSPS) is 14.0. The molecule has 2 aromatic rings. The van der Waals surface area contributed by atoms with E-state index in [0.29, 0.717) is 6.61 Å². The summed E-state index contributed by atoms with van der Waals surface area (Å²) in [6.45, 7) is 2.21. The topological polar surface area (TPSA) is 64.4 Å². The lowest BCUT2D eigenvalue weighted by atomic mass is 10.0. The van der Waals surface area contributed by atoms with Gasteiger partial charge in [-0.15, -0.1) is 0 Å². The number of nitrogens with one attached hydrogen (secondary N) is 1. The van der Waals surface area contributed by atoms with E-state index in [1.807, 2.05) is 18.2 Å². The summed E-state index contributed by atoms with van der Waals surface area (Å²) in [4.78, 5) is 10.3. The van der Waals surface area contributed by atoms with Crippen molar-refractivity contribution in [3.05, 3.63) is 58.1 Å². The molecular formula is C15H14N2O3. The molecule has 0 amide bonds. The SMILES string of the molecule is O=[N+]([O-])c1ccc(-c2cccc3c2OCCNC3)cc1. The van der Waals surface area contributed by atoms with Crippen molar-refractivity contribution < 1.29 is 9.66 Å². The highest BCUT2D eigenvalue weighted by Gasteiger charge is 2.14. The summed E-state index contributed by atoms with van der Waals surface area (Å²) in [7, 11) is 0. The summed E-state index contributed by atoms with van der Waals surface area (Å²) in [6, 6.07) is 12.5. The second-order valence-electron chi connectivity index (χ2n) is 4.62. The number of non-ortho nitro benzene ring substituents is 1. The summed E-state index contributed by atoms with van der Waals surface area (Å²) in [6.07, 6.45) is 0. The largest absolute Gasteiger partial charge is 0.491 e. The van der Waals surface area contributed by atoms with Crippen LogP contribution in [0, 0.1) is 10.1 Å². The molecule has 0 aliphatic carbocycles. The van der Waals surface area contributed by atoms with Gasteiger partial charge in [0.25, 0.3) is 5.69 Å². The molecule has 0 unspecified atom stereocenters. The molecule has 0 atom stereocenters. The molecular weight excluding hydrogens is 256 g/mol. The number of nitro benzene ring substituents is 1. The van der Waals surface area contributed by atoms with E-state index in [2.05, 4.69) is 5.32 Å². The maximum atomic E-state index is 10.7. The van der Waals surface area contributed by atoms with E-state index >= 15 is 0 Å². The van der Waals surface area contributed by atoms with E-state index in [-0.39, 0.29) is 5.69 Å². The van der Waals surface area contributed by atoms with Crippen LogP contribution in [0.15, 0.2) is 42.5 Å². The van der Waals surface area contributed by atoms with Crippen molar-refractivity contribution in [2.45, 2.75) is 6.54 Å². The smallest absolute Gasteiger partial charge is 0.269 e. The summed E-state index contributed by atoms with van der Waals surface area (Å²) in [5.74, 6) is 0.867. The first-order chi connectivity index (χ1) is 9.75. The van der Waals surface area contributed by atoms with Crippen LogP contribution in [-0.2, 0) is 6.54 Å². The lowest BCUT2D eigenvalue weighted by Gasteiger charge is -2.12. The van der Waals surface area contributed by atoms with Gasteiger partial charge in [-0.1, -0.05) is 18.2 Å². The highest BCUT2D eigenvalue weighted by atomic mass is 16.6. The zero-order valence-corrected chi connectivity index (χ0v) is 10.8. The van der Waals surface area contributed by atoms with E-state index in [9.17, 15) is 10.1 Å². The van der Waals surface area contributed by atoms with Gasteiger partial charge >= 0.3 is 0 Å². The quantitative estimate of drug-likeness (QED) is 0.673. The van der Waals surface area contributed by atoms with Crippen LogP contribution in [0.3, 0.4) is 0 Å². The fourth-order valence-electron chi connectivity index (χ4n) is 2.33. The Labute approximate surface area is 116 Å². The van der Waals surface area contributed by atoms with Gasteiger partial charge in [0.15, 0.2) is 0 Å². The lowest BCUT2D eigenvalue weighted by Crippen LogP contribution is -2.16. The number of para-hydroxylation sites is 1. The summed E-state index contributed by atoms with van der Waals surface area (Å²) < 4.78 is 5.82. The summed E-state index contributed by atoms with van der Waals surface area (Å²) in [5, 5.41) is 14.0.